The van der Waals surface area contributed by atoms with Gasteiger partial charge in [0.05, 0.1) is 11.6 Å². The Morgan fingerprint density at radius 2 is 1.95 bits per heavy atom. The van der Waals surface area contributed by atoms with Crippen LogP contribution in [0.15, 0.2) is 42.6 Å². The minimum atomic E-state index is -4.43. The highest BCUT2D eigenvalue weighted by Gasteiger charge is 2.35. The molecule has 0 saturated carbocycles. The van der Waals surface area contributed by atoms with Gasteiger partial charge in [0.2, 0.25) is 0 Å². The van der Waals surface area contributed by atoms with Gasteiger partial charge in [0.15, 0.2) is 0 Å². The Kier molecular flexibility index (Phi) is 3.00. The van der Waals surface area contributed by atoms with Crippen LogP contribution in [0.25, 0.3) is 0 Å². The molecule has 1 aromatic heterocycles. The van der Waals surface area contributed by atoms with Crippen molar-refractivity contribution < 1.29 is 17.9 Å². The van der Waals surface area contributed by atoms with E-state index in [0.29, 0.717) is 5.75 Å². The Balaban J connectivity index is 1.90. The van der Waals surface area contributed by atoms with Crippen LogP contribution >= 0.6 is 0 Å². The first-order chi connectivity index (χ1) is 9.55. The largest absolute Gasteiger partial charge is 0.491 e. The molecule has 104 valence electrons. The molecule has 1 N–H and O–H groups in total. The van der Waals surface area contributed by atoms with Gasteiger partial charge in [-0.3, -0.25) is 0 Å². The summed E-state index contributed by atoms with van der Waals surface area (Å²) in [5, 5.41) is 2.82. The molecular weight excluding hydrogens is 269 g/mol. The Hall–Kier alpha value is -2.24. The van der Waals surface area contributed by atoms with E-state index in [4.69, 9.17) is 4.74 Å². The molecule has 0 bridgehead atoms. The number of benzene rings is 1. The average molecular weight is 280 g/mol. The molecule has 2 aromatic rings. The number of rotatable bonds is 2. The molecule has 20 heavy (non-hydrogen) atoms. The minimum Gasteiger partial charge on any atom is -0.491 e. The maximum Gasteiger partial charge on any atom is 0.419 e. The number of para-hydroxylation sites is 1. The Morgan fingerprint density at radius 1 is 1.15 bits per heavy atom. The molecule has 3 rings (SSSR count). The van der Waals surface area contributed by atoms with Crippen molar-refractivity contribution in [1.29, 1.82) is 0 Å². The van der Waals surface area contributed by atoms with Crippen LogP contribution < -0.4 is 10.1 Å². The van der Waals surface area contributed by atoms with Crippen LogP contribution in [-0.4, -0.2) is 11.6 Å². The smallest absolute Gasteiger partial charge is 0.419 e. The van der Waals surface area contributed by atoms with Gasteiger partial charge >= 0.3 is 6.18 Å². The fraction of sp³-hybridized carbons (Fsp3) is 0.214. The van der Waals surface area contributed by atoms with Gasteiger partial charge < -0.3 is 10.1 Å². The van der Waals surface area contributed by atoms with Crippen LogP contribution in [0.2, 0.25) is 0 Å². The predicted octanol–water partition coefficient (Wildman–Crippen LogP) is 3.65. The molecule has 6 heteroatoms. The molecule has 0 aliphatic carbocycles. The minimum absolute atomic E-state index is 0.176. The van der Waals surface area contributed by atoms with Crippen molar-refractivity contribution in [3.05, 3.63) is 53.7 Å². The van der Waals surface area contributed by atoms with Crippen molar-refractivity contribution >= 4 is 5.82 Å². The number of nitrogens with zero attached hydrogens (tertiary/aromatic N) is 1. The Morgan fingerprint density at radius 3 is 2.75 bits per heavy atom. The van der Waals surface area contributed by atoms with E-state index in [1.54, 1.807) is 6.07 Å². The summed E-state index contributed by atoms with van der Waals surface area (Å²) in [6, 6.07) is 9.22. The van der Waals surface area contributed by atoms with E-state index >= 15 is 0 Å². The van der Waals surface area contributed by atoms with Gasteiger partial charge in [-0.25, -0.2) is 4.98 Å². The number of anilines is 1. The highest BCUT2D eigenvalue weighted by atomic mass is 19.4. The normalized spacial score (nSPS) is 17.4. The van der Waals surface area contributed by atoms with Gasteiger partial charge in [0, 0.05) is 11.8 Å². The summed E-state index contributed by atoms with van der Waals surface area (Å²) >= 11 is 0. The lowest BCUT2D eigenvalue weighted by Gasteiger charge is -2.16. The number of hydrogen-bond donors (Lipinski definition) is 1. The average Bonchev–Trinajstić information content (AvgIpc) is 2.82. The monoisotopic (exact) mass is 280 g/mol. The summed E-state index contributed by atoms with van der Waals surface area (Å²) in [4.78, 5) is 3.79. The molecule has 1 aromatic carbocycles. The molecule has 0 spiro atoms. The summed E-state index contributed by atoms with van der Waals surface area (Å²) in [7, 11) is 0. The molecule has 1 atom stereocenters. The summed E-state index contributed by atoms with van der Waals surface area (Å²) in [6.07, 6.45) is -3.10. The van der Waals surface area contributed by atoms with E-state index in [0.717, 1.165) is 11.6 Å². The van der Waals surface area contributed by atoms with Gasteiger partial charge in [0.25, 0.3) is 0 Å². The number of hydrogen-bond acceptors (Lipinski definition) is 3. The molecule has 0 amide bonds. The van der Waals surface area contributed by atoms with E-state index < -0.39 is 11.7 Å². The topological polar surface area (TPSA) is 34.2 Å². The summed E-state index contributed by atoms with van der Waals surface area (Å²) in [5.74, 6) is 0.514. The SMILES string of the molecule is FC(F)(F)c1cccnc1NC1COc2ccccc21. The summed E-state index contributed by atoms with van der Waals surface area (Å²) in [5.41, 5.74) is 0.0654. The number of nitrogens with one attached hydrogen (secondary N) is 1. The molecule has 1 aliphatic heterocycles. The fourth-order valence-electron chi connectivity index (χ4n) is 2.20. The third-order valence-electron chi connectivity index (χ3n) is 3.12. The lowest BCUT2D eigenvalue weighted by atomic mass is 10.1. The van der Waals surface area contributed by atoms with Crippen LogP contribution in [0.3, 0.4) is 0 Å². The van der Waals surface area contributed by atoms with Gasteiger partial charge in [-0.15, -0.1) is 0 Å². The zero-order chi connectivity index (χ0) is 14.2. The maximum atomic E-state index is 12.9. The van der Waals surface area contributed by atoms with E-state index in [-0.39, 0.29) is 18.5 Å². The zero-order valence-corrected chi connectivity index (χ0v) is 10.3. The van der Waals surface area contributed by atoms with Crippen molar-refractivity contribution in [1.82, 2.24) is 4.98 Å². The summed E-state index contributed by atoms with van der Waals surface area (Å²) in [6.45, 7) is 0.285. The second-order valence-corrected chi connectivity index (χ2v) is 4.44. The van der Waals surface area contributed by atoms with Crippen LogP contribution in [0.5, 0.6) is 5.75 Å². The van der Waals surface area contributed by atoms with Crippen molar-refractivity contribution in [2.75, 3.05) is 11.9 Å². The van der Waals surface area contributed by atoms with E-state index in [1.165, 1.54) is 12.3 Å². The quantitative estimate of drug-likeness (QED) is 0.911. The maximum absolute atomic E-state index is 12.9. The second kappa shape index (κ2) is 4.70. The molecule has 1 unspecified atom stereocenters. The number of aromatic nitrogens is 1. The van der Waals surface area contributed by atoms with Crippen molar-refractivity contribution in [2.24, 2.45) is 0 Å². The third kappa shape index (κ3) is 2.29. The lowest BCUT2D eigenvalue weighted by molar-refractivity contribution is -0.137. The van der Waals surface area contributed by atoms with Crippen molar-refractivity contribution in [3.8, 4) is 5.75 Å². The number of fused-ring (bicyclic) bond motifs is 1. The van der Waals surface area contributed by atoms with Crippen molar-refractivity contribution in [2.45, 2.75) is 12.2 Å². The second-order valence-electron chi connectivity index (χ2n) is 4.44. The molecular formula is C14H11F3N2O. The van der Waals surface area contributed by atoms with Gasteiger partial charge in [0.1, 0.15) is 18.2 Å². The molecule has 0 saturated heterocycles. The van der Waals surface area contributed by atoms with Crippen molar-refractivity contribution in [3.63, 3.8) is 0 Å². The first-order valence-corrected chi connectivity index (χ1v) is 6.06. The van der Waals surface area contributed by atoms with E-state index in [2.05, 4.69) is 10.3 Å². The Labute approximate surface area is 113 Å². The molecule has 2 heterocycles. The van der Waals surface area contributed by atoms with Crippen LogP contribution in [0.1, 0.15) is 17.2 Å². The molecule has 3 nitrogen and oxygen atoms in total. The highest BCUT2D eigenvalue weighted by molar-refractivity contribution is 5.50. The van der Waals surface area contributed by atoms with Crippen LogP contribution in [0.4, 0.5) is 19.0 Å². The number of halogens is 3. The number of alkyl halides is 3. The first-order valence-electron chi connectivity index (χ1n) is 6.06. The number of ether oxygens (including phenoxy) is 1. The molecule has 0 radical (unpaired) electrons. The summed E-state index contributed by atoms with van der Waals surface area (Å²) < 4.78 is 44.2. The van der Waals surface area contributed by atoms with Gasteiger partial charge in [-0.2, -0.15) is 13.2 Å². The highest BCUT2D eigenvalue weighted by Crippen LogP contribution is 2.38. The third-order valence-corrected chi connectivity index (χ3v) is 3.12. The van der Waals surface area contributed by atoms with E-state index in [1.807, 2.05) is 18.2 Å². The van der Waals surface area contributed by atoms with Crippen LogP contribution in [0, 0.1) is 0 Å². The zero-order valence-electron chi connectivity index (χ0n) is 10.3. The van der Waals surface area contributed by atoms with E-state index in [9.17, 15) is 13.2 Å². The Bertz CT molecular complexity index is 628. The fourth-order valence-corrected chi connectivity index (χ4v) is 2.20. The lowest BCUT2D eigenvalue weighted by Crippen LogP contribution is -2.17. The molecule has 1 aliphatic rings. The van der Waals surface area contributed by atoms with Crippen LogP contribution in [-0.2, 0) is 6.18 Å². The number of pyridine rings is 1. The predicted molar refractivity (Wildman–Crippen MR) is 67.5 cm³/mol. The standard InChI is InChI=1S/C14H11F3N2O/c15-14(16,17)10-5-3-7-18-13(10)19-11-8-20-12-6-2-1-4-9(11)12/h1-7,11H,8H2,(H,18,19). The first kappa shape index (κ1) is 12.8. The van der Waals surface area contributed by atoms with Gasteiger partial charge in [-0.05, 0) is 18.2 Å². The molecule has 0 fully saturated rings. The van der Waals surface area contributed by atoms with Gasteiger partial charge in [-0.1, -0.05) is 18.2 Å².